The highest BCUT2D eigenvalue weighted by molar-refractivity contribution is 5.94. The van der Waals surface area contributed by atoms with Gasteiger partial charge in [0.25, 0.3) is 5.91 Å². The maximum absolute atomic E-state index is 13.3. The van der Waals surface area contributed by atoms with Crippen molar-refractivity contribution in [2.75, 3.05) is 31.1 Å². The summed E-state index contributed by atoms with van der Waals surface area (Å²) in [5, 5.41) is 4.95. The number of rotatable bonds is 3. The number of carbonyl (C=O) groups is 1. The summed E-state index contributed by atoms with van der Waals surface area (Å²) >= 11 is 0. The maximum atomic E-state index is 13.3. The van der Waals surface area contributed by atoms with Crippen LogP contribution in [0.3, 0.4) is 0 Å². The number of benzene rings is 2. The van der Waals surface area contributed by atoms with Crippen molar-refractivity contribution in [3.05, 3.63) is 76.6 Å². The molecule has 3 aromatic rings. The van der Waals surface area contributed by atoms with Crippen molar-refractivity contribution in [2.24, 2.45) is 0 Å². The van der Waals surface area contributed by atoms with Crippen molar-refractivity contribution in [3.63, 3.8) is 0 Å². The van der Waals surface area contributed by atoms with Crippen LogP contribution in [0.5, 0.6) is 0 Å². The van der Waals surface area contributed by atoms with E-state index in [9.17, 15) is 4.79 Å². The number of aryl methyl sites for hydroxylation is 2. The van der Waals surface area contributed by atoms with Crippen LogP contribution in [-0.4, -0.2) is 46.8 Å². The number of amides is 1. The zero-order valence-corrected chi connectivity index (χ0v) is 22.6. The van der Waals surface area contributed by atoms with Crippen LogP contribution in [0, 0.1) is 13.8 Å². The van der Waals surface area contributed by atoms with Gasteiger partial charge in [0.15, 0.2) is 0 Å². The fraction of sp³-hybridized carbons (Fsp3) is 0.467. The Morgan fingerprint density at radius 1 is 0.800 bits per heavy atom. The Kier molecular flexibility index (Phi) is 6.56. The molecule has 0 bridgehead atoms. The molecule has 5 nitrogen and oxygen atoms in total. The molecule has 0 unspecified atom stereocenters. The molecule has 1 aliphatic heterocycles. The Morgan fingerprint density at radius 2 is 1.37 bits per heavy atom. The minimum atomic E-state index is -0.0415. The SMILES string of the molecule is Cc1cccc(C)c1N1CCN(C(=O)c2ccc(-n3nc(C(C)(C)C)cc3C(C)(C)C)cc2)CC1. The number of aromatic nitrogens is 2. The predicted octanol–water partition coefficient (Wildman–Crippen LogP) is 6.05. The predicted molar refractivity (Wildman–Crippen MR) is 145 cm³/mol. The van der Waals surface area contributed by atoms with Crippen molar-refractivity contribution >= 4 is 11.6 Å². The summed E-state index contributed by atoms with van der Waals surface area (Å²) < 4.78 is 2.04. The van der Waals surface area contributed by atoms with Crippen LogP contribution in [0.2, 0.25) is 0 Å². The molecule has 35 heavy (non-hydrogen) atoms. The zero-order chi connectivity index (χ0) is 25.5. The largest absolute Gasteiger partial charge is 0.368 e. The molecule has 1 aromatic heterocycles. The number of hydrogen-bond acceptors (Lipinski definition) is 3. The number of hydrogen-bond donors (Lipinski definition) is 0. The van der Waals surface area contributed by atoms with Crippen molar-refractivity contribution in [1.82, 2.24) is 14.7 Å². The van der Waals surface area contributed by atoms with Crippen LogP contribution in [-0.2, 0) is 10.8 Å². The highest BCUT2D eigenvalue weighted by Gasteiger charge is 2.27. The normalized spacial score (nSPS) is 15.0. The van der Waals surface area contributed by atoms with E-state index in [0.29, 0.717) is 0 Å². The van der Waals surface area contributed by atoms with Gasteiger partial charge in [0.05, 0.1) is 11.4 Å². The molecule has 0 saturated carbocycles. The third-order valence-electron chi connectivity index (χ3n) is 6.93. The summed E-state index contributed by atoms with van der Waals surface area (Å²) in [6.07, 6.45) is 0. The van der Waals surface area contributed by atoms with Gasteiger partial charge in [-0.25, -0.2) is 4.68 Å². The first-order valence-electron chi connectivity index (χ1n) is 12.7. The first kappa shape index (κ1) is 25.0. The van der Waals surface area contributed by atoms with Gasteiger partial charge >= 0.3 is 0 Å². The molecule has 1 amide bonds. The van der Waals surface area contributed by atoms with E-state index in [2.05, 4.69) is 84.6 Å². The second-order valence-corrected chi connectivity index (χ2v) is 11.9. The molecule has 2 heterocycles. The number of para-hydroxylation sites is 1. The lowest BCUT2D eigenvalue weighted by atomic mass is 9.88. The van der Waals surface area contributed by atoms with E-state index in [-0.39, 0.29) is 16.7 Å². The molecule has 0 spiro atoms. The fourth-order valence-electron chi connectivity index (χ4n) is 4.84. The topological polar surface area (TPSA) is 41.4 Å². The van der Waals surface area contributed by atoms with Crippen LogP contribution in [0.1, 0.15) is 74.4 Å². The molecule has 4 rings (SSSR count). The Labute approximate surface area is 210 Å². The highest BCUT2D eigenvalue weighted by atomic mass is 16.2. The van der Waals surface area contributed by atoms with E-state index in [1.165, 1.54) is 22.5 Å². The second kappa shape index (κ2) is 9.18. The Hall–Kier alpha value is -3.08. The van der Waals surface area contributed by atoms with Gasteiger partial charge in [0.2, 0.25) is 0 Å². The standard InChI is InChI=1S/C30H40N4O/c1-21-10-9-11-22(2)27(21)32-16-18-33(19-17-32)28(35)23-12-14-24(15-13-23)34-26(30(6,7)8)20-25(31-34)29(3,4)5/h9-15,20H,16-19H2,1-8H3. The molecule has 1 fully saturated rings. The van der Waals surface area contributed by atoms with Crippen molar-refractivity contribution < 1.29 is 4.79 Å². The van der Waals surface area contributed by atoms with E-state index in [1.807, 2.05) is 33.8 Å². The smallest absolute Gasteiger partial charge is 0.253 e. The number of piperazine rings is 1. The summed E-state index contributed by atoms with van der Waals surface area (Å²) in [4.78, 5) is 17.7. The number of carbonyl (C=O) groups excluding carboxylic acids is 1. The zero-order valence-electron chi connectivity index (χ0n) is 22.6. The van der Waals surface area contributed by atoms with E-state index in [4.69, 9.17) is 5.10 Å². The Bertz CT molecular complexity index is 1180. The van der Waals surface area contributed by atoms with Gasteiger partial charge in [0.1, 0.15) is 0 Å². The molecule has 186 valence electrons. The monoisotopic (exact) mass is 472 g/mol. The number of anilines is 1. The molecule has 0 N–H and O–H groups in total. The van der Waals surface area contributed by atoms with Gasteiger partial charge in [-0.15, -0.1) is 0 Å². The van der Waals surface area contributed by atoms with Crippen LogP contribution in [0.25, 0.3) is 5.69 Å². The molecule has 1 aliphatic rings. The van der Waals surface area contributed by atoms with Gasteiger partial charge in [-0.3, -0.25) is 4.79 Å². The summed E-state index contributed by atoms with van der Waals surface area (Å²) in [5.74, 6) is 0.101. The molecule has 5 heteroatoms. The first-order chi connectivity index (χ1) is 16.4. The summed E-state index contributed by atoms with van der Waals surface area (Å²) in [7, 11) is 0. The molecule has 0 aliphatic carbocycles. The average Bonchev–Trinajstić information content (AvgIpc) is 3.26. The minimum Gasteiger partial charge on any atom is -0.368 e. The molecule has 0 radical (unpaired) electrons. The van der Waals surface area contributed by atoms with Gasteiger partial charge in [0, 0.05) is 54.0 Å². The molecular weight excluding hydrogens is 432 g/mol. The van der Waals surface area contributed by atoms with Crippen LogP contribution in [0.4, 0.5) is 5.69 Å². The van der Waals surface area contributed by atoms with Crippen molar-refractivity contribution in [3.8, 4) is 5.69 Å². The van der Waals surface area contributed by atoms with Crippen molar-refractivity contribution in [2.45, 2.75) is 66.2 Å². The van der Waals surface area contributed by atoms with Gasteiger partial charge < -0.3 is 9.80 Å². The summed E-state index contributed by atoms with van der Waals surface area (Å²) in [5.41, 5.74) is 7.80. The van der Waals surface area contributed by atoms with Crippen LogP contribution < -0.4 is 4.90 Å². The molecule has 2 aromatic carbocycles. The lowest BCUT2D eigenvalue weighted by molar-refractivity contribution is 0.0747. The fourth-order valence-corrected chi connectivity index (χ4v) is 4.84. The van der Waals surface area contributed by atoms with E-state index >= 15 is 0 Å². The van der Waals surface area contributed by atoms with Crippen LogP contribution >= 0.6 is 0 Å². The molecule has 0 atom stereocenters. The van der Waals surface area contributed by atoms with E-state index in [1.54, 1.807) is 0 Å². The van der Waals surface area contributed by atoms with Crippen molar-refractivity contribution in [1.29, 1.82) is 0 Å². The highest BCUT2D eigenvalue weighted by Crippen LogP contribution is 2.31. The quantitative estimate of drug-likeness (QED) is 0.466. The average molecular weight is 473 g/mol. The molecular formula is C30H40N4O. The Morgan fingerprint density at radius 3 is 1.89 bits per heavy atom. The van der Waals surface area contributed by atoms with Gasteiger partial charge in [-0.1, -0.05) is 59.7 Å². The number of nitrogens with zero attached hydrogens (tertiary/aromatic N) is 4. The lowest BCUT2D eigenvalue weighted by Crippen LogP contribution is -2.49. The third-order valence-corrected chi connectivity index (χ3v) is 6.93. The van der Waals surface area contributed by atoms with Gasteiger partial charge in [-0.05, 0) is 55.3 Å². The minimum absolute atomic E-state index is 0.0276. The summed E-state index contributed by atoms with van der Waals surface area (Å²) in [6.45, 7) is 20.7. The Balaban J connectivity index is 1.50. The molecule has 1 saturated heterocycles. The summed E-state index contributed by atoms with van der Waals surface area (Å²) in [6, 6.07) is 16.6. The lowest BCUT2D eigenvalue weighted by Gasteiger charge is -2.37. The third kappa shape index (κ3) is 5.14. The van der Waals surface area contributed by atoms with E-state index in [0.717, 1.165) is 43.1 Å². The maximum Gasteiger partial charge on any atom is 0.253 e. The van der Waals surface area contributed by atoms with Crippen LogP contribution in [0.15, 0.2) is 48.5 Å². The van der Waals surface area contributed by atoms with E-state index < -0.39 is 0 Å². The van der Waals surface area contributed by atoms with Gasteiger partial charge in [-0.2, -0.15) is 5.10 Å². The second-order valence-electron chi connectivity index (χ2n) is 11.9. The first-order valence-corrected chi connectivity index (χ1v) is 12.7.